The summed E-state index contributed by atoms with van der Waals surface area (Å²) in [6.45, 7) is 5.80. The van der Waals surface area contributed by atoms with E-state index in [1.165, 1.54) is 0 Å². The fourth-order valence-corrected chi connectivity index (χ4v) is 3.08. The minimum Gasteiger partial charge on any atom is -0.336 e. The van der Waals surface area contributed by atoms with Crippen molar-refractivity contribution in [2.24, 2.45) is 0 Å². The average molecular weight is 366 g/mol. The number of benzene rings is 1. The van der Waals surface area contributed by atoms with E-state index in [2.05, 4.69) is 15.6 Å². The molecule has 2 N–H and O–H groups in total. The molecule has 0 aliphatic heterocycles. The van der Waals surface area contributed by atoms with E-state index in [9.17, 15) is 9.59 Å². The van der Waals surface area contributed by atoms with Crippen LogP contribution >= 0.6 is 0 Å². The van der Waals surface area contributed by atoms with Crippen molar-refractivity contribution in [3.63, 3.8) is 0 Å². The molecule has 1 unspecified atom stereocenters. The Balaban J connectivity index is 1.79. The lowest BCUT2D eigenvalue weighted by Gasteiger charge is -2.29. The van der Waals surface area contributed by atoms with Crippen LogP contribution in [0.15, 0.2) is 48.7 Å². The number of pyridine rings is 1. The molecule has 6 heteroatoms. The van der Waals surface area contributed by atoms with Crippen LogP contribution in [0.25, 0.3) is 0 Å². The molecule has 1 aliphatic rings. The quantitative estimate of drug-likeness (QED) is 0.812. The van der Waals surface area contributed by atoms with Gasteiger partial charge in [-0.3, -0.25) is 9.78 Å². The van der Waals surface area contributed by atoms with Gasteiger partial charge in [0.2, 0.25) is 0 Å². The molecule has 3 rings (SSSR count). The van der Waals surface area contributed by atoms with E-state index in [4.69, 9.17) is 0 Å². The molecule has 1 heterocycles. The molecular weight excluding hydrogens is 340 g/mol. The normalized spacial score (nSPS) is 14.5. The zero-order valence-corrected chi connectivity index (χ0v) is 16.0. The molecule has 3 amide bonds. The van der Waals surface area contributed by atoms with Gasteiger partial charge >= 0.3 is 6.03 Å². The van der Waals surface area contributed by atoms with Crippen molar-refractivity contribution in [2.75, 3.05) is 5.32 Å². The van der Waals surface area contributed by atoms with Crippen molar-refractivity contribution in [3.8, 4) is 0 Å². The Kier molecular flexibility index (Phi) is 5.74. The molecule has 2 aromatic rings. The Morgan fingerprint density at radius 2 is 1.89 bits per heavy atom. The maximum absolute atomic E-state index is 13.2. The monoisotopic (exact) mass is 366 g/mol. The van der Waals surface area contributed by atoms with Gasteiger partial charge in [-0.25, -0.2) is 4.79 Å². The van der Waals surface area contributed by atoms with Crippen molar-refractivity contribution in [3.05, 3.63) is 59.9 Å². The lowest BCUT2D eigenvalue weighted by molar-refractivity contribution is 0.0670. The summed E-state index contributed by atoms with van der Waals surface area (Å²) in [6.07, 6.45) is 3.77. The smallest absolute Gasteiger partial charge is 0.319 e. The lowest BCUT2D eigenvalue weighted by Crippen LogP contribution is -2.36. The lowest BCUT2D eigenvalue weighted by atomic mass is 10.1. The molecule has 1 atom stereocenters. The molecule has 142 valence electrons. The molecule has 0 saturated heterocycles. The third-order valence-electron chi connectivity index (χ3n) is 4.49. The maximum atomic E-state index is 13.2. The molecule has 27 heavy (non-hydrogen) atoms. The molecule has 1 aliphatic carbocycles. The number of rotatable bonds is 6. The fraction of sp³-hybridized carbons (Fsp3) is 0.381. The minimum atomic E-state index is -0.282. The highest BCUT2D eigenvalue weighted by Gasteiger charge is 2.37. The predicted octanol–water partition coefficient (Wildman–Crippen LogP) is 3.98. The van der Waals surface area contributed by atoms with Gasteiger partial charge in [0, 0.05) is 29.5 Å². The van der Waals surface area contributed by atoms with Crippen molar-refractivity contribution < 1.29 is 9.59 Å². The number of aromatic nitrogens is 1. The second-order valence-electron chi connectivity index (χ2n) is 7.21. The Labute approximate surface area is 160 Å². The zero-order valence-electron chi connectivity index (χ0n) is 16.0. The number of carbonyl (C=O) groups excluding carboxylic acids is 2. The van der Waals surface area contributed by atoms with Crippen LogP contribution < -0.4 is 10.6 Å². The largest absolute Gasteiger partial charge is 0.336 e. The highest BCUT2D eigenvalue weighted by molar-refractivity contribution is 5.97. The van der Waals surface area contributed by atoms with E-state index in [1.54, 1.807) is 30.5 Å². The number of amides is 3. The molecule has 1 fully saturated rings. The summed E-state index contributed by atoms with van der Waals surface area (Å²) in [5.41, 5.74) is 2.04. The first-order chi connectivity index (χ1) is 13.0. The van der Waals surface area contributed by atoms with Gasteiger partial charge in [-0.15, -0.1) is 0 Å². The van der Waals surface area contributed by atoms with Crippen LogP contribution in [0, 0.1) is 0 Å². The van der Waals surface area contributed by atoms with Crippen molar-refractivity contribution in [1.82, 2.24) is 15.2 Å². The van der Waals surface area contributed by atoms with Gasteiger partial charge in [0.15, 0.2) is 0 Å². The zero-order chi connectivity index (χ0) is 19.4. The topological polar surface area (TPSA) is 74.3 Å². The highest BCUT2D eigenvalue weighted by atomic mass is 16.2. The molecule has 1 saturated carbocycles. The summed E-state index contributed by atoms with van der Waals surface area (Å²) in [5, 5.41) is 5.56. The third-order valence-corrected chi connectivity index (χ3v) is 4.49. The first-order valence-corrected chi connectivity index (χ1v) is 9.37. The number of nitrogens with one attached hydrogen (secondary N) is 2. The van der Waals surface area contributed by atoms with E-state index in [-0.39, 0.29) is 30.1 Å². The second kappa shape index (κ2) is 8.20. The molecule has 0 radical (unpaired) electrons. The van der Waals surface area contributed by atoms with Crippen LogP contribution in [0.4, 0.5) is 10.5 Å². The number of hydrogen-bond donors (Lipinski definition) is 2. The molecule has 1 aromatic carbocycles. The first kappa shape index (κ1) is 18.9. The summed E-state index contributed by atoms with van der Waals surface area (Å²) >= 11 is 0. The Hall–Kier alpha value is -2.89. The number of anilines is 1. The Morgan fingerprint density at radius 3 is 2.52 bits per heavy atom. The number of urea groups is 1. The summed E-state index contributed by atoms with van der Waals surface area (Å²) in [6, 6.07) is 12.7. The van der Waals surface area contributed by atoms with E-state index in [0.29, 0.717) is 11.3 Å². The van der Waals surface area contributed by atoms with Gasteiger partial charge in [0.05, 0.1) is 11.7 Å². The molecule has 0 spiro atoms. The van der Waals surface area contributed by atoms with Crippen molar-refractivity contribution in [1.29, 1.82) is 0 Å². The minimum absolute atomic E-state index is 0.0384. The predicted molar refractivity (Wildman–Crippen MR) is 106 cm³/mol. The molecule has 6 nitrogen and oxygen atoms in total. The van der Waals surface area contributed by atoms with Crippen LogP contribution in [0.1, 0.15) is 55.7 Å². The molecule has 1 aromatic heterocycles. The molecular formula is C21H26N4O2. The van der Waals surface area contributed by atoms with Gasteiger partial charge in [-0.1, -0.05) is 12.1 Å². The van der Waals surface area contributed by atoms with E-state index >= 15 is 0 Å². The van der Waals surface area contributed by atoms with Crippen LogP contribution in [0.3, 0.4) is 0 Å². The van der Waals surface area contributed by atoms with Crippen LogP contribution in [-0.4, -0.2) is 33.9 Å². The summed E-state index contributed by atoms with van der Waals surface area (Å²) in [7, 11) is 0. The van der Waals surface area contributed by atoms with Crippen molar-refractivity contribution in [2.45, 2.75) is 51.7 Å². The first-order valence-electron chi connectivity index (χ1n) is 9.37. The maximum Gasteiger partial charge on any atom is 0.319 e. The van der Waals surface area contributed by atoms with Crippen LogP contribution in [0.2, 0.25) is 0 Å². The van der Waals surface area contributed by atoms with E-state index in [1.807, 2.05) is 43.9 Å². The summed E-state index contributed by atoms with van der Waals surface area (Å²) in [4.78, 5) is 31.5. The number of hydrogen-bond acceptors (Lipinski definition) is 3. The van der Waals surface area contributed by atoms with Gasteiger partial charge in [-0.05, 0) is 63.9 Å². The third kappa shape index (κ3) is 4.84. The Morgan fingerprint density at radius 1 is 1.11 bits per heavy atom. The van der Waals surface area contributed by atoms with Gasteiger partial charge in [0.1, 0.15) is 0 Å². The SMILES string of the molecule is CC(C)NC(=O)Nc1cccc(C(=O)N(C2CC2)C(C)c2ccccn2)c1. The van der Waals surface area contributed by atoms with E-state index in [0.717, 1.165) is 18.5 Å². The molecule has 0 bridgehead atoms. The summed E-state index contributed by atoms with van der Waals surface area (Å²) < 4.78 is 0. The van der Waals surface area contributed by atoms with Gasteiger partial charge in [-0.2, -0.15) is 0 Å². The van der Waals surface area contributed by atoms with Crippen LogP contribution in [-0.2, 0) is 0 Å². The fourth-order valence-electron chi connectivity index (χ4n) is 3.08. The van der Waals surface area contributed by atoms with Crippen molar-refractivity contribution >= 4 is 17.6 Å². The second-order valence-corrected chi connectivity index (χ2v) is 7.21. The van der Waals surface area contributed by atoms with E-state index < -0.39 is 0 Å². The van der Waals surface area contributed by atoms with Gasteiger partial charge in [0.25, 0.3) is 5.91 Å². The average Bonchev–Trinajstić information content (AvgIpc) is 3.47. The number of nitrogens with zero attached hydrogens (tertiary/aromatic N) is 2. The Bertz CT molecular complexity index is 803. The summed E-state index contributed by atoms with van der Waals surface area (Å²) in [5.74, 6) is -0.0384. The highest BCUT2D eigenvalue weighted by Crippen LogP contribution is 2.35. The van der Waals surface area contributed by atoms with Crippen LogP contribution in [0.5, 0.6) is 0 Å². The number of carbonyl (C=O) groups is 2. The standard InChI is InChI=1S/C21H26N4O2/c1-14(2)23-21(27)24-17-8-6-7-16(13-17)20(26)25(18-10-11-18)15(3)19-9-4-5-12-22-19/h4-9,12-15,18H,10-11H2,1-3H3,(H2,23,24,27). The van der Waals surface area contributed by atoms with Gasteiger partial charge < -0.3 is 15.5 Å².